The zero-order valence-corrected chi connectivity index (χ0v) is 15.5. The van der Waals surface area contributed by atoms with E-state index in [1.54, 1.807) is 14.2 Å². The summed E-state index contributed by atoms with van der Waals surface area (Å²) >= 11 is 0. The van der Waals surface area contributed by atoms with Gasteiger partial charge in [-0.1, -0.05) is 13.3 Å². The molecule has 0 aliphatic carbocycles. The Morgan fingerprint density at radius 1 is 1.04 bits per heavy atom. The van der Waals surface area contributed by atoms with Crippen molar-refractivity contribution in [2.45, 2.75) is 31.7 Å². The minimum absolute atomic E-state index is 0.167. The van der Waals surface area contributed by atoms with Gasteiger partial charge in [-0.15, -0.1) is 0 Å². The Balaban J connectivity index is 5.02. The zero-order valence-electron chi connectivity index (χ0n) is 15.5. The summed E-state index contributed by atoms with van der Waals surface area (Å²) in [5, 5.41) is 9.86. The molecule has 0 aliphatic heterocycles. The van der Waals surface area contributed by atoms with Crippen molar-refractivity contribution in [1.82, 2.24) is 0 Å². The van der Waals surface area contributed by atoms with Gasteiger partial charge in [0.05, 0.1) is 26.4 Å². The number of carbonyl (C=O) groups is 1. The molecule has 0 radical (unpaired) electrons. The normalized spacial score (nSPS) is 14.7. The van der Waals surface area contributed by atoms with Gasteiger partial charge in [-0.25, -0.2) is 9.79 Å². The van der Waals surface area contributed by atoms with Crippen molar-refractivity contribution in [3.8, 4) is 0 Å². The van der Waals surface area contributed by atoms with E-state index in [0.29, 0.717) is 45.9 Å². The van der Waals surface area contributed by atoms with E-state index in [9.17, 15) is 9.90 Å². The monoisotopic (exact) mass is 363 g/mol. The fraction of sp³-hybridized carbons (Fsp3) is 0.875. The largest absolute Gasteiger partial charge is 0.479 e. The van der Waals surface area contributed by atoms with Gasteiger partial charge in [0.1, 0.15) is 0 Å². The van der Waals surface area contributed by atoms with Crippen LogP contribution in [0.5, 0.6) is 0 Å². The molecule has 0 aromatic heterocycles. The first-order valence-corrected chi connectivity index (χ1v) is 8.42. The number of nitrogens with zero attached hydrogens (tertiary/aromatic N) is 1. The van der Waals surface area contributed by atoms with Gasteiger partial charge in [0.15, 0.2) is 11.5 Å². The maximum Gasteiger partial charge on any atom is 0.332 e. The molecule has 0 aromatic carbocycles. The van der Waals surface area contributed by atoms with Gasteiger partial charge >= 0.3 is 5.97 Å². The van der Waals surface area contributed by atoms with Gasteiger partial charge in [-0.3, -0.25) is 0 Å². The Labute approximate surface area is 149 Å². The molecule has 0 spiro atoms. The summed E-state index contributed by atoms with van der Waals surface area (Å²) in [6, 6.07) is 0. The number of carboxylic acid groups (broad SMARTS) is 1. The van der Waals surface area contributed by atoms with Crippen LogP contribution in [0.1, 0.15) is 26.2 Å². The van der Waals surface area contributed by atoms with Crippen LogP contribution in [0.2, 0.25) is 0 Å². The van der Waals surface area contributed by atoms with Crippen LogP contribution in [0.4, 0.5) is 0 Å². The van der Waals surface area contributed by atoms with Gasteiger partial charge in [0.25, 0.3) is 0 Å². The first kappa shape index (κ1) is 23.6. The number of methoxy groups -OCH3 is 2. The third-order valence-electron chi connectivity index (χ3n) is 3.97. The third-order valence-corrected chi connectivity index (χ3v) is 3.97. The Bertz CT molecular complexity index is 390. The van der Waals surface area contributed by atoms with Gasteiger partial charge in [0, 0.05) is 33.9 Å². The van der Waals surface area contributed by atoms with E-state index < -0.39 is 11.5 Å². The minimum atomic E-state index is -1.44. The van der Waals surface area contributed by atoms with Crippen LogP contribution in [0.3, 0.4) is 0 Å². The van der Waals surface area contributed by atoms with E-state index in [2.05, 4.69) is 4.99 Å². The molecular formula is C16H33N3O6. The van der Waals surface area contributed by atoms with Crippen LogP contribution in [0.25, 0.3) is 0 Å². The molecule has 0 rings (SSSR count). The molecule has 25 heavy (non-hydrogen) atoms. The summed E-state index contributed by atoms with van der Waals surface area (Å²) in [7, 11) is 3.16. The highest BCUT2D eigenvalue weighted by Crippen LogP contribution is 2.32. The van der Waals surface area contributed by atoms with Crippen LogP contribution in [-0.4, -0.2) is 76.4 Å². The van der Waals surface area contributed by atoms with E-state index in [1.807, 2.05) is 6.92 Å². The first-order valence-electron chi connectivity index (χ1n) is 8.42. The molecule has 9 nitrogen and oxygen atoms in total. The fourth-order valence-corrected chi connectivity index (χ4v) is 2.63. The highest BCUT2D eigenvalue weighted by Gasteiger charge is 2.45. The number of ether oxygens (including phenoxy) is 4. The topological polar surface area (TPSA) is 139 Å². The molecule has 148 valence electrons. The van der Waals surface area contributed by atoms with Crippen LogP contribution in [-0.2, 0) is 23.7 Å². The molecule has 0 bridgehead atoms. The standard InChI is InChI=1S/C16H33N3O6/c1-4-13(5-7-24-11-9-22-2)16(14(20)21,19-15(17)18)6-8-25-12-10-23-3/h13H,4-12H2,1-3H3,(H,20,21)(H4,17,18,19). The lowest BCUT2D eigenvalue weighted by Crippen LogP contribution is -2.48. The van der Waals surface area contributed by atoms with E-state index >= 15 is 0 Å². The fourth-order valence-electron chi connectivity index (χ4n) is 2.63. The second-order valence-electron chi connectivity index (χ2n) is 5.62. The van der Waals surface area contributed by atoms with Crippen LogP contribution in [0, 0.1) is 5.92 Å². The number of nitrogens with two attached hydrogens (primary N) is 2. The minimum Gasteiger partial charge on any atom is -0.479 e. The average Bonchev–Trinajstić information content (AvgIpc) is 2.56. The van der Waals surface area contributed by atoms with E-state index in [0.717, 1.165) is 0 Å². The van der Waals surface area contributed by atoms with Crippen LogP contribution in [0.15, 0.2) is 4.99 Å². The number of rotatable bonds is 16. The van der Waals surface area contributed by atoms with Crippen molar-refractivity contribution in [3.05, 3.63) is 0 Å². The first-order chi connectivity index (χ1) is 11.9. The lowest BCUT2D eigenvalue weighted by Gasteiger charge is -2.33. The summed E-state index contributed by atoms with van der Waals surface area (Å²) in [4.78, 5) is 16.1. The van der Waals surface area contributed by atoms with Crippen molar-refractivity contribution < 1.29 is 28.8 Å². The summed E-state index contributed by atoms with van der Waals surface area (Å²) in [6.07, 6.45) is 1.27. The number of hydrogen-bond acceptors (Lipinski definition) is 6. The van der Waals surface area contributed by atoms with Crippen LogP contribution >= 0.6 is 0 Å². The second kappa shape index (κ2) is 13.8. The third kappa shape index (κ3) is 9.01. The van der Waals surface area contributed by atoms with Gasteiger partial charge in [-0.2, -0.15) is 0 Å². The second-order valence-corrected chi connectivity index (χ2v) is 5.62. The van der Waals surface area contributed by atoms with E-state index in [1.165, 1.54) is 0 Å². The molecule has 2 atom stereocenters. The molecular weight excluding hydrogens is 330 g/mol. The molecule has 5 N–H and O–H groups in total. The van der Waals surface area contributed by atoms with Crippen molar-refractivity contribution in [2.24, 2.45) is 22.4 Å². The van der Waals surface area contributed by atoms with E-state index in [4.69, 9.17) is 30.4 Å². The summed E-state index contributed by atoms with van der Waals surface area (Å²) < 4.78 is 20.7. The smallest absolute Gasteiger partial charge is 0.332 e. The lowest BCUT2D eigenvalue weighted by atomic mass is 9.78. The molecule has 0 heterocycles. The highest BCUT2D eigenvalue weighted by atomic mass is 16.5. The molecule has 0 amide bonds. The number of aliphatic imine (C=N–C) groups is 1. The lowest BCUT2D eigenvalue weighted by molar-refractivity contribution is -0.147. The number of hydrogen-bond donors (Lipinski definition) is 3. The van der Waals surface area contributed by atoms with Gasteiger partial charge in [-0.05, 0) is 12.3 Å². The van der Waals surface area contributed by atoms with Crippen molar-refractivity contribution in [1.29, 1.82) is 0 Å². The molecule has 2 unspecified atom stereocenters. The zero-order chi connectivity index (χ0) is 19.1. The van der Waals surface area contributed by atoms with Crippen LogP contribution < -0.4 is 11.5 Å². The quantitative estimate of drug-likeness (QED) is 0.201. The average molecular weight is 363 g/mol. The predicted molar refractivity (Wildman–Crippen MR) is 94.6 cm³/mol. The maximum atomic E-state index is 12.1. The predicted octanol–water partition coefficient (Wildman–Crippen LogP) is 0.216. The molecule has 0 aromatic rings. The maximum absolute atomic E-state index is 12.1. The van der Waals surface area contributed by atoms with Crippen molar-refractivity contribution in [3.63, 3.8) is 0 Å². The summed E-state index contributed by atoms with van der Waals surface area (Å²) in [5.41, 5.74) is 9.58. The molecule has 0 saturated carbocycles. The number of aliphatic carboxylic acids is 1. The Morgan fingerprint density at radius 2 is 1.60 bits per heavy atom. The van der Waals surface area contributed by atoms with E-state index in [-0.39, 0.29) is 24.9 Å². The summed E-state index contributed by atoms with van der Waals surface area (Å²) in [5.74, 6) is -1.61. The summed E-state index contributed by atoms with van der Waals surface area (Å²) in [6.45, 7) is 4.29. The Morgan fingerprint density at radius 3 is 2.04 bits per heavy atom. The SMILES string of the molecule is CCC(CCOCCOC)C(CCOCCOC)(N=C(N)N)C(=O)O. The van der Waals surface area contributed by atoms with Crippen molar-refractivity contribution >= 4 is 11.9 Å². The Kier molecular flexibility index (Phi) is 13.0. The molecule has 0 aliphatic rings. The number of guanidine groups is 1. The van der Waals surface area contributed by atoms with Gasteiger partial charge < -0.3 is 35.5 Å². The van der Waals surface area contributed by atoms with Crippen molar-refractivity contribution in [2.75, 3.05) is 53.9 Å². The molecule has 9 heteroatoms. The molecule has 0 saturated heterocycles. The van der Waals surface area contributed by atoms with Gasteiger partial charge in [0.2, 0.25) is 0 Å². The molecule has 0 fully saturated rings. The highest BCUT2D eigenvalue weighted by molar-refractivity contribution is 5.85. The number of carboxylic acids is 1. The Hall–Kier alpha value is -1.42.